The largest absolute Gasteiger partial charge is 0.492 e. The zero-order chi connectivity index (χ0) is 28.8. The van der Waals surface area contributed by atoms with Crippen molar-refractivity contribution in [3.05, 3.63) is 53.6 Å². The third-order valence-electron chi connectivity index (χ3n) is 8.75. The van der Waals surface area contributed by atoms with Gasteiger partial charge in [0.25, 0.3) is 0 Å². The highest BCUT2D eigenvalue weighted by Crippen LogP contribution is 2.41. The number of carboxylic acid groups (broad SMARTS) is 1. The molecule has 0 radical (unpaired) electrons. The van der Waals surface area contributed by atoms with Crippen molar-refractivity contribution in [2.24, 2.45) is 11.8 Å². The Balaban J connectivity index is 1.55. The Morgan fingerprint density at radius 2 is 1.70 bits per heavy atom. The lowest BCUT2D eigenvalue weighted by molar-refractivity contribution is -0.158. The minimum atomic E-state index is -2.12. The summed E-state index contributed by atoms with van der Waals surface area (Å²) in [6.45, 7) is 4.88. The van der Waals surface area contributed by atoms with Gasteiger partial charge in [0, 0.05) is 5.92 Å². The Labute approximate surface area is 241 Å². The molecular formula is C35H48FNO3. The number of carboxylic acids is 1. The topological polar surface area (TPSA) is 70.3 Å². The summed E-state index contributed by atoms with van der Waals surface area (Å²) < 4.78 is 21.7. The fourth-order valence-corrected chi connectivity index (χ4v) is 6.08. The smallest absolute Gasteiger partial charge is 0.341 e. The number of benzene rings is 2. The van der Waals surface area contributed by atoms with Gasteiger partial charge in [0.2, 0.25) is 5.67 Å². The molecule has 40 heavy (non-hydrogen) atoms. The Kier molecular flexibility index (Phi) is 13.0. The molecule has 2 aromatic carbocycles. The van der Waals surface area contributed by atoms with E-state index in [1.165, 1.54) is 25.7 Å². The van der Waals surface area contributed by atoms with Gasteiger partial charge in [-0.05, 0) is 73.3 Å². The van der Waals surface area contributed by atoms with E-state index in [9.17, 15) is 15.2 Å². The molecule has 5 heteroatoms. The van der Waals surface area contributed by atoms with Crippen LogP contribution in [0.3, 0.4) is 0 Å². The van der Waals surface area contributed by atoms with Crippen molar-refractivity contribution in [2.45, 2.75) is 116 Å². The summed E-state index contributed by atoms with van der Waals surface area (Å²) >= 11 is 0. The molecule has 1 aliphatic carbocycles. The SMILES string of the molecule is CCCCCCCCOc1ccc(-c2ccc(CCC(CC)C[C@@](F)(C(=O)O)C3CCCCC3)cc2)cc1C#N. The maximum absolute atomic E-state index is 15.8. The summed E-state index contributed by atoms with van der Waals surface area (Å²) in [4.78, 5) is 12.0. The first-order valence-electron chi connectivity index (χ1n) is 15.6. The van der Waals surface area contributed by atoms with Crippen molar-refractivity contribution >= 4 is 5.97 Å². The summed E-state index contributed by atoms with van der Waals surface area (Å²) in [5.41, 5.74) is 1.58. The third kappa shape index (κ3) is 9.08. The highest BCUT2D eigenvalue weighted by atomic mass is 19.1. The fraction of sp³-hybridized carbons (Fsp3) is 0.600. The van der Waals surface area contributed by atoms with Gasteiger partial charge in [-0.3, -0.25) is 0 Å². The molecule has 0 aromatic heterocycles. The molecule has 3 rings (SSSR count). The first kappa shape index (κ1) is 31.7. The van der Waals surface area contributed by atoms with Gasteiger partial charge in [0.15, 0.2) is 0 Å². The van der Waals surface area contributed by atoms with Gasteiger partial charge >= 0.3 is 5.97 Å². The van der Waals surface area contributed by atoms with E-state index in [2.05, 4.69) is 37.3 Å². The van der Waals surface area contributed by atoms with E-state index in [0.29, 0.717) is 30.8 Å². The van der Waals surface area contributed by atoms with Crippen molar-refractivity contribution in [2.75, 3.05) is 6.61 Å². The second kappa shape index (κ2) is 16.4. The molecule has 2 aromatic rings. The van der Waals surface area contributed by atoms with Crippen molar-refractivity contribution < 1.29 is 19.0 Å². The molecular weight excluding hydrogens is 501 g/mol. The van der Waals surface area contributed by atoms with Crippen LogP contribution in [0.2, 0.25) is 0 Å². The molecule has 0 heterocycles. The van der Waals surface area contributed by atoms with E-state index < -0.39 is 11.6 Å². The number of hydrogen-bond donors (Lipinski definition) is 1. The molecule has 0 bridgehead atoms. The van der Waals surface area contributed by atoms with Crippen molar-refractivity contribution in [1.82, 2.24) is 0 Å². The molecule has 1 unspecified atom stereocenters. The molecule has 0 saturated heterocycles. The molecule has 2 atom stereocenters. The molecule has 1 saturated carbocycles. The van der Waals surface area contributed by atoms with E-state index in [0.717, 1.165) is 68.1 Å². The van der Waals surface area contributed by atoms with Crippen molar-refractivity contribution in [3.63, 3.8) is 0 Å². The van der Waals surface area contributed by atoms with Crippen LogP contribution in [0, 0.1) is 23.2 Å². The van der Waals surface area contributed by atoms with Crippen LogP contribution >= 0.6 is 0 Å². The Morgan fingerprint density at radius 3 is 2.35 bits per heavy atom. The monoisotopic (exact) mass is 549 g/mol. The van der Waals surface area contributed by atoms with Crippen LogP contribution in [0.15, 0.2) is 42.5 Å². The Hall–Kier alpha value is -2.87. The van der Waals surface area contributed by atoms with Gasteiger partial charge in [0.1, 0.15) is 11.8 Å². The molecule has 1 N–H and O–H groups in total. The number of aryl methyl sites for hydroxylation is 1. The molecule has 0 aliphatic heterocycles. The summed E-state index contributed by atoms with van der Waals surface area (Å²) in [6, 6.07) is 16.3. The van der Waals surface area contributed by atoms with E-state index in [1.807, 2.05) is 25.1 Å². The highest BCUT2D eigenvalue weighted by molar-refractivity contribution is 5.77. The lowest BCUT2D eigenvalue weighted by atomic mass is 9.73. The summed E-state index contributed by atoms with van der Waals surface area (Å²) in [5.74, 6) is -0.971. The second-order valence-corrected chi connectivity index (χ2v) is 11.7. The van der Waals surface area contributed by atoms with E-state index in [4.69, 9.17) is 4.74 Å². The number of aliphatic carboxylic acids is 1. The Bertz CT molecular complexity index is 1090. The zero-order valence-corrected chi connectivity index (χ0v) is 24.6. The summed E-state index contributed by atoms with van der Waals surface area (Å²) in [7, 11) is 0. The first-order chi connectivity index (χ1) is 19.4. The van der Waals surface area contributed by atoms with Gasteiger partial charge < -0.3 is 9.84 Å². The van der Waals surface area contributed by atoms with Crippen LogP contribution in [0.4, 0.5) is 4.39 Å². The fourth-order valence-electron chi connectivity index (χ4n) is 6.08. The first-order valence-corrected chi connectivity index (χ1v) is 15.6. The van der Waals surface area contributed by atoms with Crippen LogP contribution in [0.5, 0.6) is 5.75 Å². The average Bonchev–Trinajstić information content (AvgIpc) is 2.99. The maximum atomic E-state index is 15.8. The predicted molar refractivity (Wildman–Crippen MR) is 160 cm³/mol. The van der Waals surface area contributed by atoms with Crippen LogP contribution in [0.1, 0.15) is 115 Å². The molecule has 0 amide bonds. The zero-order valence-electron chi connectivity index (χ0n) is 24.6. The van der Waals surface area contributed by atoms with Gasteiger partial charge in [-0.2, -0.15) is 5.26 Å². The van der Waals surface area contributed by atoms with Gasteiger partial charge in [-0.25, -0.2) is 9.18 Å². The Morgan fingerprint density at radius 1 is 1.02 bits per heavy atom. The number of alkyl halides is 1. The lowest BCUT2D eigenvalue weighted by Crippen LogP contribution is -2.44. The van der Waals surface area contributed by atoms with E-state index in [1.54, 1.807) is 0 Å². The normalized spacial score (nSPS) is 16.1. The number of halogens is 1. The summed E-state index contributed by atoms with van der Waals surface area (Å²) in [5, 5.41) is 19.5. The van der Waals surface area contributed by atoms with Gasteiger partial charge in [0.05, 0.1) is 12.2 Å². The predicted octanol–water partition coefficient (Wildman–Crippen LogP) is 9.69. The van der Waals surface area contributed by atoms with E-state index >= 15 is 4.39 Å². The number of nitriles is 1. The van der Waals surface area contributed by atoms with Crippen LogP contribution in [-0.2, 0) is 11.2 Å². The highest BCUT2D eigenvalue weighted by Gasteiger charge is 2.47. The average molecular weight is 550 g/mol. The van der Waals surface area contributed by atoms with Crippen LogP contribution in [0.25, 0.3) is 11.1 Å². The molecule has 4 nitrogen and oxygen atoms in total. The quantitative estimate of drug-likeness (QED) is 0.199. The number of ether oxygens (including phenoxy) is 1. The number of unbranched alkanes of at least 4 members (excludes halogenated alkanes) is 5. The second-order valence-electron chi connectivity index (χ2n) is 11.7. The van der Waals surface area contributed by atoms with Crippen LogP contribution < -0.4 is 4.74 Å². The number of rotatable bonds is 17. The van der Waals surface area contributed by atoms with E-state index in [-0.39, 0.29) is 18.3 Å². The minimum Gasteiger partial charge on any atom is -0.492 e. The lowest BCUT2D eigenvalue weighted by Gasteiger charge is -2.35. The number of nitrogens with zero attached hydrogens (tertiary/aromatic N) is 1. The van der Waals surface area contributed by atoms with Crippen molar-refractivity contribution in [3.8, 4) is 22.9 Å². The molecule has 1 aliphatic rings. The van der Waals surface area contributed by atoms with Crippen LogP contribution in [-0.4, -0.2) is 23.4 Å². The minimum absolute atomic E-state index is 0.0322. The number of hydrogen-bond acceptors (Lipinski definition) is 3. The standard InChI is InChI=1S/C35H48FNO3/c1-3-5-6-7-8-12-23-40-33-22-21-30(24-31(33)26-37)29-19-17-28(18-20-29)16-15-27(4-2)25-35(36,34(38)39)32-13-10-9-11-14-32/h17-22,24,27,32H,3-16,23,25H2,1-2H3,(H,38,39)/t27?,35-/m0/s1. The molecule has 0 spiro atoms. The molecule has 218 valence electrons. The van der Waals surface area contributed by atoms with Crippen molar-refractivity contribution in [1.29, 1.82) is 5.26 Å². The maximum Gasteiger partial charge on any atom is 0.341 e. The summed E-state index contributed by atoms with van der Waals surface area (Å²) in [6.07, 6.45) is 13.9. The molecule has 1 fully saturated rings. The number of carbonyl (C=O) groups is 1. The third-order valence-corrected chi connectivity index (χ3v) is 8.75. The van der Waals surface area contributed by atoms with Gasteiger partial charge in [-0.1, -0.05) is 102 Å². The van der Waals surface area contributed by atoms with Gasteiger partial charge in [-0.15, -0.1) is 0 Å².